The summed E-state index contributed by atoms with van der Waals surface area (Å²) in [5.74, 6) is 0.183. The zero-order chi connectivity index (χ0) is 16.7. The molecule has 24 heavy (non-hydrogen) atoms. The van der Waals surface area contributed by atoms with Gasteiger partial charge in [-0.3, -0.25) is 14.6 Å². The molecule has 2 atom stereocenters. The monoisotopic (exact) mass is 331 g/mol. The smallest absolute Gasteiger partial charge is 0.228 e. The van der Waals surface area contributed by atoms with Crippen molar-refractivity contribution in [3.8, 4) is 0 Å². The number of nitrogens with zero attached hydrogens (tertiary/aromatic N) is 3. The quantitative estimate of drug-likeness (QED) is 0.846. The first-order chi connectivity index (χ1) is 11.6. The van der Waals surface area contributed by atoms with E-state index in [0.29, 0.717) is 32.5 Å². The van der Waals surface area contributed by atoms with Crippen molar-refractivity contribution in [1.29, 1.82) is 0 Å². The molecule has 3 fully saturated rings. The van der Waals surface area contributed by atoms with Gasteiger partial charge in [0, 0.05) is 44.5 Å². The maximum atomic E-state index is 13.0. The predicted octanol–water partition coefficient (Wildman–Crippen LogP) is 1.64. The van der Waals surface area contributed by atoms with E-state index in [1.807, 2.05) is 17.0 Å². The van der Waals surface area contributed by atoms with Crippen LogP contribution >= 0.6 is 0 Å². The van der Waals surface area contributed by atoms with Crippen molar-refractivity contribution in [1.82, 2.24) is 14.8 Å². The Bertz CT molecular complexity index is 632. The van der Waals surface area contributed by atoms with Crippen LogP contribution in [0.1, 0.15) is 24.8 Å². The molecule has 1 aromatic heterocycles. The van der Waals surface area contributed by atoms with Crippen LogP contribution in [0.5, 0.6) is 0 Å². The normalized spacial score (nSPS) is 32.5. The van der Waals surface area contributed by atoms with E-state index >= 15 is 0 Å². The van der Waals surface area contributed by atoms with Crippen LogP contribution in [0, 0.1) is 17.8 Å². The van der Waals surface area contributed by atoms with E-state index in [9.17, 15) is 14.0 Å². The molecular formula is C18H22FN3O2. The molecule has 4 rings (SSSR count). The Kier molecular flexibility index (Phi) is 3.98. The van der Waals surface area contributed by atoms with Gasteiger partial charge in [-0.15, -0.1) is 0 Å². The van der Waals surface area contributed by atoms with E-state index in [1.54, 1.807) is 17.3 Å². The van der Waals surface area contributed by atoms with Crippen LogP contribution in [0.15, 0.2) is 24.5 Å². The summed E-state index contributed by atoms with van der Waals surface area (Å²) in [4.78, 5) is 33.0. The largest absolute Gasteiger partial charge is 0.341 e. The van der Waals surface area contributed by atoms with E-state index in [-0.39, 0.29) is 29.6 Å². The van der Waals surface area contributed by atoms with Gasteiger partial charge in [0.2, 0.25) is 11.8 Å². The molecule has 5 nitrogen and oxygen atoms in total. The molecule has 2 saturated heterocycles. The molecule has 0 radical (unpaired) electrons. The lowest BCUT2D eigenvalue weighted by Crippen LogP contribution is -2.45. The number of hydrogen-bond acceptors (Lipinski definition) is 3. The van der Waals surface area contributed by atoms with Crippen molar-refractivity contribution in [2.24, 2.45) is 17.8 Å². The van der Waals surface area contributed by atoms with Crippen molar-refractivity contribution >= 4 is 11.8 Å². The molecule has 6 heteroatoms. The molecule has 1 aromatic rings. The van der Waals surface area contributed by atoms with Gasteiger partial charge >= 0.3 is 0 Å². The average Bonchev–Trinajstić information content (AvgIpc) is 3.00. The first-order valence-corrected chi connectivity index (χ1v) is 8.72. The minimum absolute atomic E-state index is 0.0462. The SMILES string of the molecule is O=C(C1CC(F)C1)N1C[C@@H]2CCN(Cc3cccnc3)C(=O)[C@H]2C1. The minimum Gasteiger partial charge on any atom is -0.341 e. The predicted molar refractivity (Wildman–Crippen MR) is 85.5 cm³/mol. The summed E-state index contributed by atoms with van der Waals surface area (Å²) in [6.07, 6.45) is 4.32. The van der Waals surface area contributed by atoms with Gasteiger partial charge in [0.15, 0.2) is 0 Å². The van der Waals surface area contributed by atoms with Crippen molar-refractivity contribution in [2.45, 2.75) is 32.0 Å². The lowest BCUT2D eigenvalue weighted by Gasteiger charge is -2.33. The number of aromatic nitrogens is 1. The van der Waals surface area contributed by atoms with E-state index in [4.69, 9.17) is 0 Å². The highest BCUT2D eigenvalue weighted by molar-refractivity contribution is 5.84. The van der Waals surface area contributed by atoms with Gasteiger partial charge in [0.05, 0.1) is 5.92 Å². The van der Waals surface area contributed by atoms with Gasteiger partial charge in [0.1, 0.15) is 6.17 Å². The van der Waals surface area contributed by atoms with E-state index < -0.39 is 6.17 Å². The number of likely N-dealkylation sites (tertiary alicyclic amines) is 2. The van der Waals surface area contributed by atoms with Gasteiger partial charge in [-0.2, -0.15) is 0 Å². The van der Waals surface area contributed by atoms with Gasteiger partial charge in [-0.25, -0.2) is 4.39 Å². The van der Waals surface area contributed by atoms with Crippen LogP contribution in [0.4, 0.5) is 4.39 Å². The highest BCUT2D eigenvalue weighted by Gasteiger charge is 2.46. The summed E-state index contributed by atoms with van der Waals surface area (Å²) < 4.78 is 13.0. The summed E-state index contributed by atoms with van der Waals surface area (Å²) in [7, 11) is 0. The zero-order valence-electron chi connectivity index (χ0n) is 13.6. The van der Waals surface area contributed by atoms with Gasteiger partial charge in [-0.1, -0.05) is 6.07 Å². The Morgan fingerprint density at radius 2 is 2.17 bits per heavy atom. The number of hydrogen-bond donors (Lipinski definition) is 0. The number of piperidine rings is 1. The Morgan fingerprint density at radius 3 is 2.88 bits per heavy atom. The molecular weight excluding hydrogens is 309 g/mol. The van der Waals surface area contributed by atoms with Crippen molar-refractivity contribution in [3.63, 3.8) is 0 Å². The third-order valence-corrected chi connectivity index (χ3v) is 5.68. The average molecular weight is 331 g/mol. The number of halogens is 1. The fraction of sp³-hybridized carbons (Fsp3) is 0.611. The van der Waals surface area contributed by atoms with Crippen molar-refractivity contribution < 1.29 is 14.0 Å². The Morgan fingerprint density at radius 1 is 1.33 bits per heavy atom. The highest BCUT2D eigenvalue weighted by atomic mass is 19.1. The van der Waals surface area contributed by atoms with Crippen LogP contribution < -0.4 is 0 Å². The highest BCUT2D eigenvalue weighted by Crippen LogP contribution is 2.37. The molecule has 0 bridgehead atoms. The maximum Gasteiger partial charge on any atom is 0.228 e. The molecule has 0 unspecified atom stereocenters. The van der Waals surface area contributed by atoms with E-state index in [2.05, 4.69) is 4.98 Å². The maximum absolute atomic E-state index is 13.0. The summed E-state index contributed by atoms with van der Waals surface area (Å²) >= 11 is 0. The second-order valence-electron chi connectivity index (χ2n) is 7.29. The third-order valence-electron chi connectivity index (χ3n) is 5.68. The fourth-order valence-corrected chi connectivity index (χ4v) is 4.17. The minimum atomic E-state index is -0.819. The Hall–Kier alpha value is -1.98. The number of carbonyl (C=O) groups excluding carboxylic acids is 2. The summed E-state index contributed by atoms with van der Waals surface area (Å²) in [6, 6.07) is 3.85. The second-order valence-corrected chi connectivity index (χ2v) is 7.29. The number of rotatable bonds is 3. The fourth-order valence-electron chi connectivity index (χ4n) is 4.17. The van der Waals surface area contributed by atoms with Gasteiger partial charge in [0.25, 0.3) is 0 Å². The standard InChI is InChI=1S/C18H22FN3O2/c19-15-6-14(7-15)17(23)22-10-13-3-5-21(18(24)16(13)11-22)9-12-2-1-4-20-8-12/h1-2,4,8,13-16H,3,5-7,9-11H2/t13-,14?,15?,16-/m0/s1. The summed E-state index contributed by atoms with van der Waals surface area (Å²) in [5, 5.41) is 0. The first-order valence-electron chi connectivity index (χ1n) is 8.72. The Balaban J connectivity index is 1.39. The van der Waals surface area contributed by atoms with Gasteiger partial charge in [-0.05, 0) is 36.8 Å². The van der Waals surface area contributed by atoms with E-state index in [0.717, 1.165) is 18.5 Å². The summed E-state index contributed by atoms with van der Waals surface area (Å²) in [6.45, 7) is 2.46. The molecule has 3 aliphatic rings. The molecule has 2 amide bonds. The molecule has 128 valence electrons. The molecule has 1 aliphatic carbocycles. The number of amides is 2. The van der Waals surface area contributed by atoms with Crippen LogP contribution in [0.3, 0.4) is 0 Å². The Labute approximate surface area is 140 Å². The van der Waals surface area contributed by atoms with Crippen LogP contribution in [0.2, 0.25) is 0 Å². The third kappa shape index (κ3) is 2.78. The van der Waals surface area contributed by atoms with Crippen LogP contribution in [0.25, 0.3) is 0 Å². The molecule has 0 aromatic carbocycles. The summed E-state index contributed by atoms with van der Waals surface area (Å²) in [5.41, 5.74) is 1.03. The number of alkyl halides is 1. The molecule has 2 aliphatic heterocycles. The molecule has 1 saturated carbocycles. The van der Waals surface area contributed by atoms with Crippen LogP contribution in [-0.2, 0) is 16.1 Å². The lowest BCUT2D eigenvalue weighted by atomic mass is 9.82. The van der Waals surface area contributed by atoms with Crippen molar-refractivity contribution in [3.05, 3.63) is 30.1 Å². The molecule has 3 heterocycles. The lowest BCUT2D eigenvalue weighted by molar-refractivity contribution is -0.141. The zero-order valence-corrected chi connectivity index (χ0v) is 13.6. The van der Waals surface area contributed by atoms with E-state index in [1.165, 1.54) is 0 Å². The van der Waals surface area contributed by atoms with Gasteiger partial charge < -0.3 is 9.80 Å². The topological polar surface area (TPSA) is 53.5 Å². The number of pyridine rings is 1. The second kappa shape index (κ2) is 6.15. The van der Waals surface area contributed by atoms with Crippen molar-refractivity contribution in [2.75, 3.05) is 19.6 Å². The van der Waals surface area contributed by atoms with Crippen LogP contribution in [-0.4, -0.2) is 52.4 Å². The molecule has 0 N–H and O–H groups in total. The molecule has 0 spiro atoms. The first kappa shape index (κ1) is 15.5. The number of fused-ring (bicyclic) bond motifs is 1. The number of carbonyl (C=O) groups is 2.